The van der Waals surface area contributed by atoms with Crippen molar-refractivity contribution in [3.05, 3.63) is 261 Å². The molecule has 0 fully saturated rings. The van der Waals surface area contributed by atoms with Crippen molar-refractivity contribution in [2.75, 3.05) is 0 Å². The minimum absolute atomic E-state index is 0.116. The summed E-state index contributed by atoms with van der Waals surface area (Å²) < 4.78 is 6.28. The molecule has 0 atom stereocenters. The number of furan rings is 1. The smallest absolute Gasteiger partial charge is 0.136 e. The molecule has 3 heteroatoms. The van der Waals surface area contributed by atoms with Crippen molar-refractivity contribution in [3.63, 3.8) is 0 Å². The van der Waals surface area contributed by atoms with E-state index in [0.29, 0.717) is 6.54 Å². The number of benzene rings is 8. The number of fused-ring (bicyclic) bond motifs is 11. The van der Waals surface area contributed by atoms with Crippen LogP contribution in [0.3, 0.4) is 0 Å². The highest BCUT2D eigenvalue weighted by Gasteiger charge is 2.54. The highest BCUT2D eigenvalue weighted by Crippen LogP contribution is 2.64. The summed E-state index contributed by atoms with van der Waals surface area (Å²) in [7, 11) is 0. The molecule has 3 aliphatic carbocycles. The zero-order valence-electron chi connectivity index (χ0n) is 36.7. The summed E-state index contributed by atoms with van der Waals surface area (Å²) in [5, 5.41) is 10.8. The Morgan fingerprint density at radius 1 is 0.562 bits per heavy atom. The van der Waals surface area contributed by atoms with E-state index in [1.54, 1.807) is 6.21 Å². The molecule has 9 aromatic rings. The third kappa shape index (κ3) is 6.76. The molecule has 0 unspecified atom stereocenters. The minimum Gasteiger partial charge on any atom is -0.456 e. The van der Waals surface area contributed by atoms with Crippen LogP contribution in [-0.2, 0) is 17.4 Å². The molecule has 12 rings (SSSR count). The molecule has 1 aromatic heterocycles. The van der Waals surface area contributed by atoms with Crippen LogP contribution < -0.4 is 5.73 Å². The van der Waals surface area contributed by atoms with E-state index in [0.717, 1.165) is 35.0 Å². The van der Waals surface area contributed by atoms with E-state index < -0.39 is 0 Å². The van der Waals surface area contributed by atoms with Crippen LogP contribution >= 0.6 is 0 Å². The van der Waals surface area contributed by atoms with E-state index in [2.05, 4.69) is 179 Å². The first-order valence-electron chi connectivity index (χ1n) is 22.4. The van der Waals surface area contributed by atoms with Crippen LogP contribution in [0.2, 0.25) is 0 Å². The lowest BCUT2D eigenvalue weighted by Gasteiger charge is -2.48. The topological polar surface area (TPSA) is 63.0 Å². The van der Waals surface area contributed by atoms with Gasteiger partial charge in [-0.1, -0.05) is 207 Å². The van der Waals surface area contributed by atoms with Gasteiger partial charge in [-0.25, -0.2) is 0 Å². The van der Waals surface area contributed by atoms with Gasteiger partial charge in [0.15, 0.2) is 0 Å². The molecule has 312 valence electrons. The Labute approximate surface area is 376 Å². The molecule has 0 saturated heterocycles. The van der Waals surface area contributed by atoms with E-state index >= 15 is 0 Å². The third-order valence-electron chi connectivity index (χ3n) is 13.7. The van der Waals surface area contributed by atoms with Gasteiger partial charge in [-0.2, -0.15) is 0 Å². The van der Waals surface area contributed by atoms with Gasteiger partial charge in [0.05, 0.1) is 5.41 Å². The molecular formula is C61H52N2O. The Bertz CT molecular complexity index is 3190. The van der Waals surface area contributed by atoms with E-state index in [9.17, 15) is 0 Å². The molecule has 3 aliphatic rings. The second-order valence-electron chi connectivity index (χ2n) is 17.6. The van der Waals surface area contributed by atoms with Crippen molar-refractivity contribution in [3.8, 4) is 11.1 Å². The lowest BCUT2D eigenvalue weighted by Crippen LogP contribution is -2.41. The van der Waals surface area contributed by atoms with Crippen LogP contribution in [0.15, 0.2) is 210 Å². The second kappa shape index (κ2) is 16.7. The summed E-state index contributed by atoms with van der Waals surface area (Å²) >= 11 is 0. The molecule has 0 radical (unpaired) electrons. The first kappa shape index (κ1) is 40.7. The molecule has 3 N–H and O–H groups in total. The first-order valence-corrected chi connectivity index (χ1v) is 22.4. The van der Waals surface area contributed by atoms with Crippen molar-refractivity contribution in [1.29, 1.82) is 5.41 Å². The molecular weight excluding hydrogens is 777 g/mol. The third-order valence-corrected chi connectivity index (χ3v) is 13.7. The van der Waals surface area contributed by atoms with Crippen molar-refractivity contribution < 1.29 is 4.42 Å². The molecule has 1 heterocycles. The van der Waals surface area contributed by atoms with Gasteiger partial charge in [0.2, 0.25) is 0 Å². The predicted molar refractivity (Wildman–Crippen MR) is 268 cm³/mol. The predicted octanol–water partition coefficient (Wildman–Crippen LogP) is 15.0. The largest absolute Gasteiger partial charge is 0.456 e. The monoisotopic (exact) mass is 828 g/mol. The summed E-state index contributed by atoms with van der Waals surface area (Å²) in [6.45, 7) is 7.42. The van der Waals surface area contributed by atoms with Crippen LogP contribution in [0.1, 0.15) is 82.3 Å². The zero-order valence-corrected chi connectivity index (χ0v) is 36.7. The molecule has 1 spiro atoms. The fourth-order valence-corrected chi connectivity index (χ4v) is 10.7. The second-order valence-corrected chi connectivity index (χ2v) is 17.6. The van der Waals surface area contributed by atoms with Gasteiger partial charge in [0.1, 0.15) is 11.2 Å². The average molecular weight is 829 g/mol. The maximum atomic E-state index is 8.48. The van der Waals surface area contributed by atoms with Gasteiger partial charge in [0.25, 0.3) is 0 Å². The standard InChI is InChI=1S/C41H31NO.C13H13N.C7H8/c1-40(2)31-14-4-6-16-33(31)41(34-17-7-5-15-32(34)40)30-22-21-25(23-29(30)38-26(24-42)11-9-18-35(38)41)27-13-10-20-37-39(27)28-12-3-8-19-36(28)43-37;14-10-11-6-8-13(9-7-11)12-4-2-1-3-5-12;1-7-5-3-2-4-6-7/h3-20,23-24,42H,21-22H2,1-2H3;1-9H,10,14H2;2-6H,1H3. The number of aryl methyl sites for hydroxylation is 1. The fraction of sp³-hybridized carbons (Fsp3) is 0.131. The maximum absolute atomic E-state index is 8.48. The molecule has 8 aromatic carbocycles. The van der Waals surface area contributed by atoms with Crippen LogP contribution in [0.4, 0.5) is 0 Å². The van der Waals surface area contributed by atoms with Crippen molar-refractivity contribution in [2.24, 2.45) is 5.73 Å². The average Bonchev–Trinajstić information content (AvgIpc) is 3.88. The van der Waals surface area contributed by atoms with Gasteiger partial charge in [-0.3, -0.25) is 0 Å². The van der Waals surface area contributed by atoms with Crippen LogP contribution in [0.25, 0.3) is 44.2 Å². The SMILES string of the molecule is CC1(C)c2ccccc2C2(C3=C(C=C(c4cccc5oc6ccccc6c45)CC3)c3c(C=N)cccc32)c2ccccc21.Cc1ccccc1.NCc1ccc(-c2ccccc2)cc1. The van der Waals surface area contributed by atoms with Gasteiger partial charge in [-0.05, 0) is 104 Å². The quantitative estimate of drug-likeness (QED) is 0.174. The van der Waals surface area contributed by atoms with E-state index in [1.165, 1.54) is 83.3 Å². The molecule has 3 nitrogen and oxygen atoms in total. The highest BCUT2D eigenvalue weighted by atomic mass is 16.3. The summed E-state index contributed by atoms with van der Waals surface area (Å²) in [6, 6.07) is 68.5. The van der Waals surface area contributed by atoms with Gasteiger partial charge >= 0.3 is 0 Å². The number of hydrogen-bond donors (Lipinski definition) is 2. The number of rotatable bonds is 4. The summed E-state index contributed by atoms with van der Waals surface area (Å²) in [6.07, 6.45) is 5.88. The number of nitrogens with one attached hydrogen (secondary N) is 1. The molecule has 0 aliphatic heterocycles. The first-order chi connectivity index (χ1) is 31.3. The Balaban J connectivity index is 0.000000189. The van der Waals surface area contributed by atoms with Gasteiger partial charge in [-0.15, -0.1) is 0 Å². The van der Waals surface area contributed by atoms with Gasteiger partial charge in [0, 0.05) is 34.5 Å². The molecule has 0 saturated carbocycles. The van der Waals surface area contributed by atoms with Crippen molar-refractivity contribution in [1.82, 2.24) is 0 Å². The van der Waals surface area contributed by atoms with E-state index in [1.807, 2.05) is 42.5 Å². The Hall–Kier alpha value is -7.33. The van der Waals surface area contributed by atoms with Gasteiger partial charge < -0.3 is 15.6 Å². The molecule has 64 heavy (non-hydrogen) atoms. The molecule has 0 amide bonds. The highest BCUT2D eigenvalue weighted by molar-refractivity contribution is 6.12. The lowest BCUT2D eigenvalue weighted by atomic mass is 9.54. The summed E-state index contributed by atoms with van der Waals surface area (Å²) in [5.41, 5.74) is 26.2. The van der Waals surface area contributed by atoms with Crippen molar-refractivity contribution in [2.45, 2.75) is 51.0 Å². The summed E-state index contributed by atoms with van der Waals surface area (Å²) in [4.78, 5) is 0. The Morgan fingerprint density at radius 3 is 1.77 bits per heavy atom. The number of allylic oxidation sites excluding steroid dienone is 4. The number of para-hydroxylation sites is 1. The minimum atomic E-state index is -0.386. The Morgan fingerprint density at radius 2 is 1.12 bits per heavy atom. The van der Waals surface area contributed by atoms with Crippen LogP contribution in [0.5, 0.6) is 0 Å². The maximum Gasteiger partial charge on any atom is 0.136 e. The van der Waals surface area contributed by atoms with E-state index in [-0.39, 0.29) is 10.8 Å². The molecule has 0 bridgehead atoms. The van der Waals surface area contributed by atoms with Crippen LogP contribution in [-0.4, -0.2) is 6.21 Å². The Kier molecular flexibility index (Phi) is 10.7. The van der Waals surface area contributed by atoms with E-state index in [4.69, 9.17) is 15.6 Å². The fourth-order valence-electron chi connectivity index (χ4n) is 10.7. The van der Waals surface area contributed by atoms with Crippen LogP contribution in [0, 0.1) is 12.3 Å². The summed E-state index contributed by atoms with van der Waals surface area (Å²) in [5.74, 6) is 0. The zero-order chi connectivity index (χ0) is 43.8. The number of hydrogen-bond acceptors (Lipinski definition) is 3. The number of nitrogens with two attached hydrogens (primary N) is 1. The van der Waals surface area contributed by atoms with Crippen molar-refractivity contribution >= 4 is 39.3 Å². The lowest BCUT2D eigenvalue weighted by molar-refractivity contribution is 0.550. The normalized spacial score (nSPS) is 14.8.